The molecule has 0 saturated heterocycles. The summed E-state index contributed by atoms with van der Waals surface area (Å²) in [6, 6.07) is 3.40. The van der Waals surface area contributed by atoms with Gasteiger partial charge in [-0.15, -0.1) is 0 Å². The predicted molar refractivity (Wildman–Crippen MR) is 73.6 cm³/mol. The first kappa shape index (κ1) is 12.5. The average Bonchev–Trinajstić information content (AvgIpc) is 2.79. The number of thiocarbonyl (C=S) groups is 1. The molecule has 0 amide bonds. The first-order chi connectivity index (χ1) is 8.61. The Morgan fingerprint density at radius 1 is 1.56 bits per heavy atom. The Labute approximate surface area is 110 Å². The molecule has 0 spiro atoms. The quantitative estimate of drug-likeness (QED) is 0.826. The summed E-state index contributed by atoms with van der Waals surface area (Å²) in [5.74, 6) is 0. The lowest BCUT2D eigenvalue weighted by atomic mass is 10.2. The molecule has 5 nitrogen and oxygen atoms in total. The molecule has 0 atom stereocenters. The zero-order valence-corrected chi connectivity index (χ0v) is 10.9. The maximum absolute atomic E-state index is 12.1. The third kappa shape index (κ3) is 2.48. The standard InChI is InChI=1S/C12H14N4OS/c1-2-16-8-9(6-14-16)7-15-5-3-4-10(11(13)18)12(15)17/h3-6,8H,2,7H2,1H3,(H2,13,18). The maximum Gasteiger partial charge on any atom is 0.261 e. The van der Waals surface area contributed by atoms with Crippen molar-refractivity contribution in [2.45, 2.75) is 20.0 Å². The number of hydrogen-bond acceptors (Lipinski definition) is 3. The van der Waals surface area contributed by atoms with Crippen LogP contribution >= 0.6 is 12.2 Å². The van der Waals surface area contributed by atoms with E-state index in [0.717, 1.165) is 12.1 Å². The summed E-state index contributed by atoms with van der Waals surface area (Å²) >= 11 is 4.84. The van der Waals surface area contributed by atoms with Gasteiger partial charge >= 0.3 is 0 Å². The third-order valence-electron chi connectivity index (χ3n) is 2.65. The SMILES string of the molecule is CCn1cc(Cn2cccc(C(N)=S)c2=O)cn1. The van der Waals surface area contributed by atoms with E-state index in [1.807, 2.05) is 17.8 Å². The van der Waals surface area contributed by atoms with Gasteiger partial charge in [-0.05, 0) is 19.1 Å². The fraction of sp³-hybridized carbons (Fsp3) is 0.250. The second-order valence-corrected chi connectivity index (χ2v) is 4.36. The van der Waals surface area contributed by atoms with E-state index < -0.39 is 0 Å². The van der Waals surface area contributed by atoms with Crippen LogP contribution < -0.4 is 11.3 Å². The fourth-order valence-electron chi connectivity index (χ4n) is 1.71. The Hall–Kier alpha value is -1.95. The smallest absolute Gasteiger partial charge is 0.261 e. The zero-order valence-electron chi connectivity index (χ0n) is 10.0. The van der Waals surface area contributed by atoms with Gasteiger partial charge in [-0.2, -0.15) is 5.10 Å². The Morgan fingerprint density at radius 2 is 2.33 bits per heavy atom. The van der Waals surface area contributed by atoms with E-state index in [1.54, 1.807) is 29.1 Å². The Balaban J connectivity index is 2.32. The van der Waals surface area contributed by atoms with Crippen molar-refractivity contribution in [1.29, 1.82) is 0 Å². The molecule has 2 aromatic rings. The van der Waals surface area contributed by atoms with Gasteiger partial charge in [0.25, 0.3) is 5.56 Å². The van der Waals surface area contributed by atoms with Crippen molar-refractivity contribution in [3.8, 4) is 0 Å². The predicted octanol–water partition coefficient (Wildman–Crippen LogP) is 0.747. The summed E-state index contributed by atoms with van der Waals surface area (Å²) in [6.07, 6.45) is 5.39. The number of aryl methyl sites for hydroxylation is 1. The fourth-order valence-corrected chi connectivity index (χ4v) is 1.86. The molecule has 0 aromatic carbocycles. The van der Waals surface area contributed by atoms with Crippen LogP contribution in [0.2, 0.25) is 0 Å². The highest BCUT2D eigenvalue weighted by molar-refractivity contribution is 7.80. The zero-order chi connectivity index (χ0) is 13.1. The summed E-state index contributed by atoms with van der Waals surface area (Å²) in [6.45, 7) is 3.29. The highest BCUT2D eigenvalue weighted by Crippen LogP contribution is 2.01. The van der Waals surface area contributed by atoms with E-state index in [9.17, 15) is 4.79 Å². The lowest BCUT2D eigenvalue weighted by Crippen LogP contribution is -2.28. The van der Waals surface area contributed by atoms with Crippen LogP contribution in [0.5, 0.6) is 0 Å². The summed E-state index contributed by atoms with van der Waals surface area (Å²) < 4.78 is 3.39. The van der Waals surface area contributed by atoms with Gasteiger partial charge in [0.1, 0.15) is 4.99 Å². The molecule has 18 heavy (non-hydrogen) atoms. The second kappa shape index (κ2) is 5.14. The number of hydrogen-bond donors (Lipinski definition) is 1. The molecule has 0 aliphatic carbocycles. The van der Waals surface area contributed by atoms with Gasteiger partial charge in [-0.3, -0.25) is 9.48 Å². The lowest BCUT2D eigenvalue weighted by molar-refractivity contribution is 0.658. The monoisotopic (exact) mass is 262 g/mol. The van der Waals surface area contributed by atoms with Gasteiger partial charge in [-0.25, -0.2) is 0 Å². The summed E-state index contributed by atoms with van der Waals surface area (Å²) in [4.78, 5) is 12.2. The molecule has 2 rings (SSSR count). The maximum atomic E-state index is 12.1. The minimum Gasteiger partial charge on any atom is -0.389 e. The van der Waals surface area contributed by atoms with E-state index in [1.165, 1.54) is 0 Å². The van der Waals surface area contributed by atoms with E-state index >= 15 is 0 Å². The Morgan fingerprint density at radius 3 is 2.94 bits per heavy atom. The van der Waals surface area contributed by atoms with Crippen LogP contribution in [0.3, 0.4) is 0 Å². The molecule has 0 unspecified atom stereocenters. The van der Waals surface area contributed by atoms with Crippen molar-refractivity contribution in [3.05, 3.63) is 52.2 Å². The average molecular weight is 262 g/mol. The number of nitrogens with zero attached hydrogens (tertiary/aromatic N) is 3. The van der Waals surface area contributed by atoms with Crippen LogP contribution in [-0.4, -0.2) is 19.3 Å². The van der Waals surface area contributed by atoms with E-state index in [4.69, 9.17) is 18.0 Å². The topological polar surface area (TPSA) is 65.8 Å². The van der Waals surface area contributed by atoms with Gasteiger partial charge < -0.3 is 10.3 Å². The summed E-state index contributed by atoms with van der Waals surface area (Å²) in [5, 5.41) is 4.17. The highest BCUT2D eigenvalue weighted by atomic mass is 32.1. The Bertz CT molecular complexity index is 629. The van der Waals surface area contributed by atoms with Crippen LogP contribution in [0.15, 0.2) is 35.5 Å². The molecule has 94 valence electrons. The molecular formula is C12H14N4OS. The molecule has 0 fully saturated rings. The van der Waals surface area contributed by atoms with Gasteiger partial charge in [0, 0.05) is 24.5 Å². The summed E-state index contributed by atoms with van der Waals surface area (Å²) in [5.41, 5.74) is 6.67. The lowest BCUT2D eigenvalue weighted by Gasteiger charge is -2.05. The summed E-state index contributed by atoms with van der Waals surface area (Å²) in [7, 11) is 0. The van der Waals surface area contributed by atoms with Gasteiger partial charge in [0.2, 0.25) is 0 Å². The van der Waals surface area contributed by atoms with Gasteiger partial charge in [-0.1, -0.05) is 12.2 Å². The second-order valence-electron chi connectivity index (χ2n) is 3.92. The van der Waals surface area contributed by atoms with Crippen molar-refractivity contribution in [2.24, 2.45) is 5.73 Å². The molecule has 0 bridgehead atoms. The van der Waals surface area contributed by atoms with Crippen molar-refractivity contribution in [3.63, 3.8) is 0 Å². The first-order valence-electron chi connectivity index (χ1n) is 5.62. The molecule has 2 aromatic heterocycles. The number of nitrogens with two attached hydrogens (primary N) is 1. The van der Waals surface area contributed by atoms with Gasteiger partial charge in [0.15, 0.2) is 0 Å². The van der Waals surface area contributed by atoms with Crippen LogP contribution in [0.1, 0.15) is 18.1 Å². The van der Waals surface area contributed by atoms with Crippen molar-refractivity contribution in [1.82, 2.24) is 14.3 Å². The van der Waals surface area contributed by atoms with Crippen LogP contribution in [0, 0.1) is 0 Å². The number of aromatic nitrogens is 3. The molecule has 0 saturated carbocycles. The van der Waals surface area contributed by atoms with Gasteiger partial charge in [0.05, 0.1) is 18.3 Å². The van der Waals surface area contributed by atoms with Crippen molar-refractivity contribution >= 4 is 17.2 Å². The number of pyridine rings is 1. The molecule has 0 aliphatic heterocycles. The highest BCUT2D eigenvalue weighted by Gasteiger charge is 2.06. The third-order valence-corrected chi connectivity index (χ3v) is 2.87. The minimum atomic E-state index is -0.172. The Kier molecular flexibility index (Phi) is 3.57. The van der Waals surface area contributed by atoms with Crippen LogP contribution in [0.25, 0.3) is 0 Å². The van der Waals surface area contributed by atoms with E-state index in [-0.39, 0.29) is 10.5 Å². The molecule has 0 radical (unpaired) electrons. The molecule has 6 heteroatoms. The normalized spacial score (nSPS) is 10.5. The minimum absolute atomic E-state index is 0.124. The van der Waals surface area contributed by atoms with E-state index in [0.29, 0.717) is 12.1 Å². The molecule has 0 aliphatic rings. The largest absolute Gasteiger partial charge is 0.389 e. The molecule has 2 heterocycles. The van der Waals surface area contributed by atoms with Crippen LogP contribution in [-0.2, 0) is 13.1 Å². The van der Waals surface area contributed by atoms with Crippen LogP contribution in [0.4, 0.5) is 0 Å². The molecular weight excluding hydrogens is 248 g/mol. The van der Waals surface area contributed by atoms with Crippen molar-refractivity contribution < 1.29 is 0 Å². The van der Waals surface area contributed by atoms with Crippen molar-refractivity contribution in [2.75, 3.05) is 0 Å². The molecule has 2 N–H and O–H groups in total. The first-order valence-corrected chi connectivity index (χ1v) is 6.03. The van der Waals surface area contributed by atoms with E-state index in [2.05, 4.69) is 5.10 Å². The number of rotatable bonds is 4.